The lowest BCUT2D eigenvalue weighted by atomic mass is 10.1. The van der Waals surface area contributed by atoms with Crippen molar-refractivity contribution >= 4 is 35.1 Å². The van der Waals surface area contributed by atoms with Gasteiger partial charge >= 0.3 is 0 Å². The summed E-state index contributed by atoms with van der Waals surface area (Å²) in [7, 11) is 0. The van der Waals surface area contributed by atoms with Gasteiger partial charge in [0, 0.05) is 11.4 Å². The number of anilines is 1. The van der Waals surface area contributed by atoms with Gasteiger partial charge in [-0.1, -0.05) is 71.6 Å². The summed E-state index contributed by atoms with van der Waals surface area (Å²) >= 11 is 2.80. The number of nitrogen functional groups attached to an aromatic ring is 1. The zero-order chi connectivity index (χ0) is 20.1. The molecule has 1 aromatic heterocycles. The van der Waals surface area contributed by atoms with E-state index in [0.717, 1.165) is 22.6 Å². The third-order valence-electron chi connectivity index (χ3n) is 4.14. The van der Waals surface area contributed by atoms with Gasteiger partial charge in [-0.05, 0) is 38.0 Å². The molecular formula is C20H23N5OS2. The van der Waals surface area contributed by atoms with Crippen LogP contribution in [0.15, 0.2) is 58.8 Å². The zero-order valence-electron chi connectivity index (χ0n) is 16.0. The maximum atomic E-state index is 12.5. The molecule has 0 aliphatic heterocycles. The Bertz CT molecular complexity index is 958. The fourth-order valence-corrected chi connectivity index (χ4v) is 4.20. The van der Waals surface area contributed by atoms with Crippen molar-refractivity contribution in [3.05, 3.63) is 65.2 Å². The summed E-state index contributed by atoms with van der Waals surface area (Å²) in [5.74, 6) is 6.78. The highest BCUT2D eigenvalue weighted by molar-refractivity contribution is 8.00. The van der Waals surface area contributed by atoms with E-state index < -0.39 is 0 Å². The molecule has 0 unspecified atom stereocenters. The number of hydrogen-bond donors (Lipinski definition) is 2. The van der Waals surface area contributed by atoms with Crippen LogP contribution < -0.4 is 11.2 Å². The Morgan fingerprint density at radius 3 is 2.57 bits per heavy atom. The minimum absolute atomic E-state index is 0.0987. The van der Waals surface area contributed by atoms with Gasteiger partial charge < -0.3 is 11.2 Å². The predicted molar refractivity (Wildman–Crippen MR) is 116 cm³/mol. The number of carbonyl (C=O) groups excluding carboxylic acids is 1. The quantitative estimate of drug-likeness (QED) is 0.449. The Labute approximate surface area is 173 Å². The summed E-state index contributed by atoms with van der Waals surface area (Å²) in [6, 6.07) is 16.0. The molecule has 0 saturated carbocycles. The molecule has 0 spiro atoms. The molecule has 6 nitrogen and oxygen atoms in total. The molecule has 3 aromatic rings. The highest BCUT2D eigenvalue weighted by Gasteiger charge is 2.20. The SMILES string of the molecule is Cc1ccc(NC(=O)[C@H](C)Sc2nnc(SCc3ccccc3)n2N)c(C)c1. The van der Waals surface area contributed by atoms with E-state index in [0.29, 0.717) is 10.3 Å². The number of benzene rings is 2. The summed E-state index contributed by atoms with van der Waals surface area (Å²) < 4.78 is 1.44. The Kier molecular flexibility index (Phi) is 6.64. The van der Waals surface area contributed by atoms with Crippen LogP contribution in [0.5, 0.6) is 0 Å². The van der Waals surface area contributed by atoms with Crippen molar-refractivity contribution in [1.82, 2.24) is 14.9 Å². The third kappa shape index (κ3) is 5.08. The number of nitrogens with one attached hydrogen (secondary N) is 1. The second-order valence-electron chi connectivity index (χ2n) is 6.48. The van der Waals surface area contributed by atoms with Gasteiger partial charge in [0.2, 0.25) is 16.2 Å². The molecule has 0 saturated heterocycles. The summed E-state index contributed by atoms with van der Waals surface area (Å²) in [6.07, 6.45) is 0. The number of aromatic nitrogens is 3. The highest BCUT2D eigenvalue weighted by atomic mass is 32.2. The zero-order valence-corrected chi connectivity index (χ0v) is 17.7. The summed E-state index contributed by atoms with van der Waals surface area (Å²) in [5, 5.41) is 12.0. The lowest BCUT2D eigenvalue weighted by Crippen LogP contribution is -2.24. The summed E-state index contributed by atoms with van der Waals surface area (Å²) in [4.78, 5) is 12.5. The van der Waals surface area contributed by atoms with E-state index in [9.17, 15) is 4.79 Å². The fraction of sp³-hybridized carbons (Fsp3) is 0.250. The second-order valence-corrected chi connectivity index (χ2v) is 8.73. The van der Waals surface area contributed by atoms with Crippen molar-refractivity contribution in [2.45, 2.75) is 42.1 Å². The molecule has 0 bridgehead atoms. The first-order chi connectivity index (χ1) is 13.4. The van der Waals surface area contributed by atoms with Crippen LogP contribution in [0.25, 0.3) is 0 Å². The highest BCUT2D eigenvalue weighted by Crippen LogP contribution is 2.27. The van der Waals surface area contributed by atoms with Crippen LogP contribution in [-0.2, 0) is 10.5 Å². The van der Waals surface area contributed by atoms with E-state index in [4.69, 9.17) is 5.84 Å². The van der Waals surface area contributed by atoms with Crippen LogP contribution in [0.3, 0.4) is 0 Å². The van der Waals surface area contributed by atoms with Gasteiger partial charge in [-0.25, -0.2) is 4.68 Å². The first kappa shape index (κ1) is 20.3. The molecule has 0 radical (unpaired) electrons. The van der Waals surface area contributed by atoms with Crippen molar-refractivity contribution in [1.29, 1.82) is 0 Å². The van der Waals surface area contributed by atoms with Crippen LogP contribution >= 0.6 is 23.5 Å². The van der Waals surface area contributed by atoms with Gasteiger partial charge in [-0.2, -0.15) is 0 Å². The molecule has 1 heterocycles. The average Bonchev–Trinajstić information content (AvgIpc) is 3.02. The number of amides is 1. The molecule has 2 aromatic carbocycles. The Morgan fingerprint density at radius 1 is 1.14 bits per heavy atom. The maximum Gasteiger partial charge on any atom is 0.237 e. The smallest absolute Gasteiger partial charge is 0.237 e. The van der Waals surface area contributed by atoms with Crippen LogP contribution in [0.4, 0.5) is 5.69 Å². The summed E-state index contributed by atoms with van der Waals surface area (Å²) in [5.41, 5.74) is 4.20. The largest absolute Gasteiger partial charge is 0.335 e. The molecule has 146 valence electrons. The number of nitrogens with zero attached hydrogens (tertiary/aromatic N) is 3. The lowest BCUT2D eigenvalue weighted by molar-refractivity contribution is -0.115. The van der Waals surface area contributed by atoms with Gasteiger partial charge in [0.1, 0.15) is 0 Å². The van der Waals surface area contributed by atoms with Gasteiger partial charge in [0.05, 0.1) is 5.25 Å². The maximum absolute atomic E-state index is 12.5. The van der Waals surface area contributed by atoms with Gasteiger partial charge in [0.15, 0.2) is 0 Å². The van der Waals surface area contributed by atoms with Crippen molar-refractivity contribution in [2.24, 2.45) is 0 Å². The third-order valence-corrected chi connectivity index (χ3v) is 6.21. The molecule has 3 rings (SSSR count). The van der Waals surface area contributed by atoms with Crippen molar-refractivity contribution < 1.29 is 4.79 Å². The van der Waals surface area contributed by atoms with E-state index >= 15 is 0 Å². The number of rotatable bonds is 7. The van der Waals surface area contributed by atoms with E-state index in [-0.39, 0.29) is 11.2 Å². The minimum atomic E-state index is -0.362. The number of aryl methyl sites for hydroxylation is 2. The topological polar surface area (TPSA) is 85.8 Å². The van der Waals surface area contributed by atoms with Crippen molar-refractivity contribution in [2.75, 3.05) is 11.2 Å². The van der Waals surface area contributed by atoms with Gasteiger partial charge in [0.25, 0.3) is 0 Å². The van der Waals surface area contributed by atoms with Crippen molar-refractivity contribution in [3.63, 3.8) is 0 Å². The van der Waals surface area contributed by atoms with Gasteiger partial charge in [-0.15, -0.1) is 10.2 Å². The van der Waals surface area contributed by atoms with E-state index in [1.807, 2.05) is 57.2 Å². The predicted octanol–water partition coefficient (Wildman–Crippen LogP) is 4.02. The molecule has 0 aliphatic rings. The molecule has 1 atom stereocenters. The van der Waals surface area contributed by atoms with Gasteiger partial charge in [-0.3, -0.25) is 4.79 Å². The second kappa shape index (κ2) is 9.16. The Hall–Kier alpha value is -2.45. The molecule has 28 heavy (non-hydrogen) atoms. The molecular weight excluding hydrogens is 390 g/mol. The Balaban J connectivity index is 1.60. The standard InChI is InChI=1S/C20H23N5OS2/c1-13-9-10-17(14(2)11-13)22-18(26)15(3)28-20-24-23-19(25(20)21)27-12-16-7-5-4-6-8-16/h4-11,15H,12,21H2,1-3H3,(H,22,26)/t15-/m0/s1. The first-order valence-corrected chi connectivity index (χ1v) is 10.7. The van der Waals surface area contributed by atoms with E-state index in [1.54, 1.807) is 0 Å². The van der Waals surface area contributed by atoms with Crippen molar-refractivity contribution in [3.8, 4) is 0 Å². The number of carbonyl (C=O) groups is 1. The number of nitrogens with two attached hydrogens (primary N) is 1. The fourth-order valence-electron chi connectivity index (χ4n) is 2.56. The molecule has 0 aliphatic carbocycles. The molecule has 0 fully saturated rings. The first-order valence-electron chi connectivity index (χ1n) is 8.86. The normalized spacial score (nSPS) is 12.0. The lowest BCUT2D eigenvalue weighted by Gasteiger charge is -2.13. The number of hydrogen-bond acceptors (Lipinski definition) is 6. The molecule has 3 N–H and O–H groups in total. The van der Waals surface area contributed by atoms with Crippen LogP contribution in [0, 0.1) is 13.8 Å². The van der Waals surface area contributed by atoms with Crippen LogP contribution in [0.2, 0.25) is 0 Å². The van der Waals surface area contributed by atoms with Crippen LogP contribution in [0.1, 0.15) is 23.6 Å². The van der Waals surface area contributed by atoms with Crippen LogP contribution in [-0.4, -0.2) is 26.0 Å². The average molecular weight is 414 g/mol. The Morgan fingerprint density at radius 2 is 1.86 bits per heavy atom. The summed E-state index contributed by atoms with van der Waals surface area (Å²) in [6.45, 7) is 5.83. The molecule has 1 amide bonds. The molecule has 8 heteroatoms. The van der Waals surface area contributed by atoms with E-state index in [1.165, 1.54) is 33.8 Å². The minimum Gasteiger partial charge on any atom is -0.335 e. The van der Waals surface area contributed by atoms with E-state index in [2.05, 4.69) is 27.6 Å². The number of thioether (sulfide) groups is 2. The monoisotopic (exact) mass is 413 g/mol.